The first-order valence-electron chi connectivity index (χ1n) is 8.06. The lowest BCUT2D eigenvalue weighted by molar-refractivity contribution is 0.0697. The number of halogens is 3. The monoisotopic (exact) mass is 450 g/mol. The highest BCUT2D eigenvalue weighted by atomic mass is 35.5. The van der Waals surface area contributed by atoms with Crippen LogP contribution < -0.4 is 0 Å². The van der Waals surface area contributed by atoms with Crippen molar-refractivity contribution in [2.24, 2.45) is 7.05 Å². The number of hydrogen-bond donors (Lipinski definition) is 0. The molecule has 1 aromatic heterocycles. The van der Waals surface area contributed by atoms with E-state index >= 15 is 0 Å². The molecule has 11 heteroatoms. The lowest BCUT2D eigenvalue weighted by atomic mass is 10.2. The zero-order chi connectivity index (χ0) is 19.9. The van der Waals surface area contributed by atoms with Gasteiger partial charge in [-0.15, -0.1) is 0 Å². The van der Waals surface area contributed by atoms with E-state index in [9.17, 15) is 13.2 Å². The Labute approximate surface area is 172 Å². The van der Waals surface area contributed by atoms with Gasteiger partial charge in [-0.25, -0.2) is 8.42 Å². The van der Waals surface area contributed by atoms with Crippen LogP contribution in [0.15, 0.2) is 23.1 Å². The minimum atomic E-state index is -3.72. The quantitative estimate of drug-likeness (QED) is 0.719. The molecule has 1 aromatic carbocycles. The summed E-state index contributed by atoms with van der Waals surface area (Å²) in [5, 5.41) is 4.87. The number of benzene rings is 1. The molecule has 7 nitrogen and oxygen atoms in total. The van der Waals surface area contributed by atoms with E-state index in [4.69, 9.17) is 34.8 Å². The minimum Gasteiger partial charge on any atom is -0.336 e. The van der Waals surface area contributed by atoms with E-state index in [1.54, 1.807) is 18.9 Å². The van der Waals surface area contributed by atoms with Crippen molar-refractivity contribution in [2.75, 3.05) is 26.2 Å². The maximum absolute atomic E-state index is 12.8. The van der Waals surface area contributed by atoms with Gasteiger partial charge in [0, 0.05) is 33.2 Å². The molecule has 0 aliphatic carbocycles. The first-order chi connectivity index (χ1) is 12.6. The van der Waals surface area contributed by atoms with E-state index in [1.807, 2.05) is 0 Å². The molecule has 1 aliphatic rings. The number of rotatable bonds is 3. The summed E-state index contributed by atoms with van der Waals surface area (Å²) in [6.07, 6.45) is 0. The van der Waals surface area contributed by atoms with E-state index < -0.39 is 10.0 Å². The molecule has 0 unspecified atom stereocenters. The van der Waals surface area contributed by atoms with Crippen molar-refractivity contribution < 1.29 is 13.2 Å². The fraction of sp³-hybridized carbons (Fsp3) is 0.375. The molecule has 0 N–H and O–H groups in total. The first kappa shape index (κ1) is 20.4. The van der Waals surface area contributed by atoms with Gasteiger partial charge in [-0.05, 0) is 25.1 Å². The van der Waals surface area contributed by atoms with Crippen molar-refractivity contribution in [2.45, 2.75) is 11.8 Å². The Morgan fingerprint density at radius 1 is 1.07 bits per heavy atom. The molecular formula is C16H17Cl3N4O3S. The average molecular weight is 452 g/mol. The smallest absolute Gasteiger partial charge is 0.258 e. The van der Waals surface area contributed by atoms with Gasteiger partial charge in [0.1, 0.15) is 5.15 Å². The fourth-order valence-corrected chi connectivity index (χ4v) is 5.02. The molecule has 0 atom stereocenters. The molecule has 1 saturated heterocycles. The van der Waals surface area contributed by atoms with Gasteiger partial charge in [-0.1, -0.05) is 34.8 Å². The molecule has 0 bridgehead atoms. The van der Waals surface area contributed by atoms with E-state index in [0.29, 0.717) is 11.3 Å². The Balaban J connectivity index is 1.74. The van der Waals surface area contributed by atoms with Crippen LogP contribution in [0.1, 0.15) is 16.1 Å². The summed E-state index contributed by atoms with van der Waals surface area (Å²) in [6, 6.07) is 4.19. The Kier molecular flexibility index (Phi) is 5.74. The predicted octanol–water partition coefficient (Wildman–Crippen LogP) is 2.84. The summed E-state index contributed by atoms with van der Waals surface area (Å²) < 4.78 is 28.4. The molecule has 0 radical (unpaired) electrons. The molecule has 27 heavy (non-hydrogen) atoms. The zero-order valence-corrected chi connectivity index (χ0v) is 17.7. The predicted molar refractivity (Wildman–Crippen MR) is 104 cm³/mol. The van der Waals surface area contributed by atoms with E-state index in [0.717, 1.165) is 0 Å². The summed E-state index contributed by atoms with van der Waals surface area (Å²) in [7, 11) is -2.06. The molecule has 1 aliphatic heterocycles. The highest BCUT2D eigenvalue weighted by molar-refractivity contribution is 7.89. The van der Waals surface area contributed by atoms with Gasteiger partial charge in [0.15, 0.2) is 0 Å². The van der Waals surface area contributed by atoms with Crippen LogP contribution in [0.3, 0.4) is 0 Å². The maximum atomic E-state index is 12.8. The number of piperazine rings is 1. The molecular weight excluding hydrogens is 435 g/mol. The first-order valence-corrected chi connectivity index (χ1v) is 10.6. The van der Waals surface area contributed by atoms with Crippen LogP contribution in [0.4, 0.5) is 0 Å². The summed E-state index contributed by atoms with van der Waals surface area (Å²) in [5.74, 6) is -0.253. The molecule has 146 valence electrons. The topological polar surface area (TPSA) is 75.5 Å². The molecule has 0 saturated carbocycles. The number of carbonyl (C=O) groups is 1. The van der Waals surface area contributed by atoms with Crippen LogP contribution in [-0.4, -0.2) is 59.5 Å². The van der Waals surface area contributed by atoms with E-state index in [2.05, 4.69) is 5.10 Å². The van der Waals surface area contributed by atoms with Crippen molar-refractivity contribution in [3.05, 3.63) is 44.7 Å². The number of aryl methyl sites for hydroxylation is 2. The highest BCUT2D eigenvalue weighted by Gasteiger charge is 2.32. The Bertz CT molecular complexity index is 999. The van der Waals surface area contributed by atoms with Crippen LogP contribution in [-0.2, 0) is 17.1 Å². The summed E-state index contributed by atoms with van der Waals surface area (Å²) >= 11 is 17.9. The highest BCUT2D eigenvalue weighted by Crippen LogP contribution is 2.27. The molecule has 3 rings (SSSR count). The van der Waals surface area contributed by atoms with E-state index in [-0.39, 0.29) is 52.2 Å². The lowest BCUT2D eigenvalue weighted by Crippen LogP contribution is -2.50. The Morgan fingerprint density at radius 2 is 1.70 bits per heavy atom. The van der Waals surface area contributed by atoms with Gasteiger partial charge < -0.3 is 4.90 Å². The largest absolute Gasteiger partial charge is 0.336 e. The number of nitrogens with zero attached hydrogens (tertiary/aromatic N) is 4. The van der Waals surface area contributed by atoms with Crippen molar-refractivity contribution in [1.82, 2.24) is 19.0 Å². The third-order valence-corrected chi connectivity index (χ3v) is 7.49. The summed E-state index contributed by atoms with van der Waals surface area (Å²) in [6.45, 7) is 2.56. The average Bonchev–Trinajstić information content (AvgIpc) is 2.89. The number of amides is 1. The SMILES string of the molecule is Cc1nn(C)c(Cl)c1C(=O)N1CCN(S(=O)(=O)c2ccc(Cl)c(Cl)c2)CC1. The molecule has 0 spiro atoms. The second-order valence-corrected chi connectivity index (χ2v) is 9.26. The third-order valence-electron chi connectivity index (χ3n) is 4.42. The standard InChI is InChI=1S/C16H17Cl3N4O3S/c1-10-14(15(19)21(2)20-10)16(24)22-5-7-23(8-6-22)27(25,26)11-3-4-12(17)13(18)9-11/h3-4,9H,5-8H2,1-2H3. The van der Waals surface area contributed by atoms with Crippen molar-refractivity contribution >= 4 is 50.7 Å². The number of hydrogen-bond acceptors (Lipinski definition) is 4. The van der Waals surface area contributed by atoms with Crippen LogP contribution in [0.5, 0.6) is 0 Å². The van der Waals surface area contributed by atoms with Gasteiger partial charge >= 0.3 is 0 Å². The number of sulfonamides is 1. The van der Waals surface area contributed by atoms with Crippen molar-refractivity contribution in [1.29, 1.82) is 0 Å². The Morgan fingerprint density at radius 3 is 2.22 bits per heavy atom. The van der Waals surface area contributed by atoms with Crippen LogP contribution in [0, 0.1) is 6.92 Å². The van der Waals surface area contributed by atoms with Gasteiger partial charge in [0.05, 0.1) is 26.2 Å². The summed E-state index contributed by atoms with van der Waals surface area (Å²) in [4.78, 5) is 14.4. The molecule has 1 fully saturated rings. The molecule has 2 heterocycles. The van der Waals surface area contributed by atoms with Crippen LogP contribution in [0.25, 0.3) is 0 Å². The van der Waals surface area contributed by atoms with Gasteiger partial charge in [0.2, 0.25) is 10.0 Å². The van der Waals surface area contributed by atoms with Gasteiger partial charge in [-0.2, -0.15) is 9.40 Å². The third kappa shape index (κ3) is 3.82. The number of carbonyl (C=O) groups excluding carboxylic acids is 1. The Hall–Kier alpha value is -1.32. The van der Waals surface area contributed by atoms with Gasteiger partial charge in [0.25, 0.3) is 5.91 Å². The minimum absolute atomic E-state index is 0.0721. The normalized spacial score (nSPS) is 16.0. The summed E-state index contributed by atoms with van der Waals surface area (Å²) in [5.41, 5.74) is 0.887. The number of aromatic nitrogens is 2. The van der Waals surface area contributed by atoms with Gasteiger partial charge in [-0.3, -0.25) is 9.48 Å². The fourth-order valence-electron chi connectivity index (χ4n) is 2.95. The molecule has 1 amide bonds. The van der Waals surface area contributed by atoms with E-state index in [1.165, 1.54) is 27.2 Å². The molecule has 2 aromatic rings. The second-order valence-electron chi connectivity index (χ2n) is 6.15. The van der Waals surface area contributed by atoms with Crippen molar-refractivity contribution in [3.63, 3.8) is 0 Å². The second kappa shape index (κ2) is 7.60. The zero-order valence-electron chi connectivity index (χ0n) is 14.6. The maximum Gasteiger partial charge on any atom is 0.258 e. The van der Waals surface area contributed by atoms with Crippen LogP contribution in [0.2, 0.25) is 15.2 Å². The lowest BCUT2D eigenvalue weighted by Gasteiger charge is -2.34. The van der Waals surface area contributed by atoms with Crippen LogP contribution >= 0.6 is 34.8 Å². The van der Waals surface area contributed by atoms with Crippen molar-refractivity contribution in [3.8, 4) is 0 Å².